The van der Waals surface area contributed by atoms with E-state index in [9.17, 15) is 0 Å². The van der Waals surface area contributed by atoms with Crippen LogP contribution in [0.4, 0.5) is 23.1 Å². The number of nitrogens with zero attached hydrogens (tertiary/aromatic N) is 3. The van der Waals surface area contributed by atoms with Crippen LogP contribution in [0.1, 0.15) is 11.1 Å². The third-order valence-corrected chi connectivity index (χ3v) is 4.18. The van der Waals surface area contributed by atoms with Crippen LogP contribution in [0.5, 0.6) is 5.75 Å². The Balaban J connectivity index is 1.87. The predicted molar refractivity (Wildman–Crippen MR) is 105 cm³/mol. The van der Waals surface area contributed by atoms with E-state index in [-0.39, 0.29) is 0 Å². The Morgan fingerprint density at radius 1 is 1.04 bits per heavy atom. The van der Waals surface area contributed by atoms with Gasteiger partial charge in [0.1, 0.15) is 5.75 Å². The molecule has 0 saturated heterocycles. The van der Waals surface area contributed by atoms with Crippen LogP contribution >= 0.6 is 23.2 Å². The molecule has 0 unspecified atom stereocenters. The van der Waals surface area contributed by atoms with Crippen molar-refractivity contribution in [3.8, 4) is 5.75 Å². The Bertz CT molecular complexity index is 926. The van der Waals surface area contributed by atoms with E-state index in [1.54, 1.807) is 25.3 Å². The van der Waals surface area contributed by atoms with Crippen LogP contribution in [0.25, 0.3) is 0 Å². The van der Waals surface area contributed by atoms with Gasteiger partial charge in [0.15, 0.2) is 5.82 Å². The molecule has 0 aliphatic rings. The van der Waals surface area contributed by atoms with Crippen molar-refractivity contribution in [2.75, 3.05) is 17.7 Å². The number of hydrogen-bond donors (Lipinski definition) is 2. The maximum atomic E-state index is 6.33. The molecule has 0 aliphatic carbocycles. The normalized spacial score (nSPS) is 10.5. The molecule has 2 aromatic carbocycles. The van der Waals surface area contributed by atoms with Crippen molar-refractivity contribution in [3.05, 3.63) is 57.7 Å². The zero-order valence-electron chi connectivity index (χ0n) is 14.5. The standard InChI is InChI=1S/C18H17Cl2N5O/c1-10-6-11(2)17(13(20)7-10)24-18-23-16(9-21-25-18)22-14-8-12(19)4-5-15(14)26-3/h4-9H,1-3H3,(H2,22,23,24,25). The topological polar surface area (TPSA) is 72.0 Å². The SMILES string of the molecule is COc1ccc(Cl)cc1Nc1cnnc(Nc2c(C)cc(C)cc2Cl)n1. The van der Waals surface area contributed by atoms with Gasteiger partial charge in [-0.15, -0.1) is 5.10 Å². The van der Waals surface area contributed by atoms with Crippen molar-refractivity contribution in [1.82, 2.24) is 15.2 Å². The molecule has 0 aliphatic heterocycles. The van der Waals surface area contributed by atoms with Gasteiger partial charge in [0.25, 0.3) is 0 Å². The highest BCUT2D eigenvalue weighted by Crippen LogP contribution is 2.31. The molecule has 0 amide bonds. The maximum absolute atomic E-state index is 6.33. The molecule has 0 fully saturated rings. The summed E-state index contributed by atoms with van der Waals surface area (Å²) in [6, 6.07) is 9.17. The monoisotopic (exact) mass is 389 g/mol. The van der Waals surface area contributed by atoms with Crippen LogP contribution in [0.2, 0.25) is 10.0 Å². The minimum absolute atomic E-state index is 0.324. The summed E-state index contributed by atoms with van der Waals surface area (Å²) in [5, 5.41) is 15.4. The van der Waals surface area contributed by atoms with Crippen molar-refractivity contribution in [2.45, 2.75) is 13.8 Å². The van der Waals surface area contributed by atoms with Crippen LogP contribution < -0.4 is 15.4 Å². The zero-order valence-corrected chi connectivity index (χ0v) is 16.0. The molecular formula is C18H17Cl2N5O. The summed E-state index contributed by atoms with van der Waals surface area (Å²) >= 11 is 12.4. The van der Waals surface area contributed by atoms with Gasteiger partial charge in [0, 0.05) is 5.02 Å². The number of hydrogen-bond acceptors (Lipinski definition) is 6. The second-order valence-electron chi connectivity index (χ2n) is 5.70. The third-order valence-electron chi connectivity index (χ3n) is 3.65. The van der Waals surface area contributed by atoms with Gasteiger partial charge in [-0.25, -0.2) is 0 Å². The van der Waals surface area contributed by atoms with Crippen molar-refractivity contribution >= 4 is 46.3 Å². The van der Waals surface area contributed by atoms with Crippen LogP contribution in [0.15, 0.2) is 36.5 Å². The number of methoxy groups -OCH3 is 1. The lowest BCUT2D eigenvalue weighted by molar-refractivity contribution is 0.417. The first-order valence-corrected chi connectivity index (χ1v) is 8.56. The summed E-state index contributed by atoms with van der Waals surface area (Å²) in [6.45, 7) is 3.96. The van der Waals surface area contributed by atoms with Gasteiger partial charge in [-0.3, -0.25) is 0 Å². The largest absolute Gasteiger partial charge is 0.495 e. The summed E-state index contributed by atoms with van der Waals surface area (Å²) in [6.07, 6.45) is 1.51. The highest BCUT2D eigenvalue weighted by molar-refractivity contribution is 6.33. The van der Waals surface area contributed by atoms with Gasteiger partial charge in [-0.2, -0.15) is 10.1 Å². The van der Waals surface area contributed by atoms with E-state index in [1.807, 2.05) is 26.0 Å². The molecule has 8 heteroatoms. The second kappa shape index (κ2) is 7.76. The van der Waals surface area contributed by atoms with Crippen molar-refractivity contribution in [3.63, 3.8) is 0 Å². The molecule has 134 valence electrons. The van der Waals surface area contributed by atoms with E-state index in [2.05, 4.69) is 25.8 Å². The molecule has 0 atom stereocenters. The van der Waals surface area contributed by atoms with Crippen LogP contribution in [0, 0.1) is 13.8 Å². The Morgan fingerprint density at radius 2 is 1.85 bits per heavy atom. The van der Waals surface area contributed by atoms with E-state index in [0.29, 0.717) is 33.2 Å². The molecule has 0 spiro atoms. The Kier molecular flexibility index (Phi) is 5.44. The summed E-state index contributed by atoms with van der Waals surface area (Å²) in [7, 11) is 1.59. The first kappa shape index (κ1) is 18.2. The Labute approximate surface area is 161 Å². The molecule has 2 N–H and O–H groups in total. The van der Waals surface area contributed by atoms with E-state index in [0.717, 1.165) is 16.8 Å². The summed E-state index contributed by atoms with van der Waals surface area (Å²) in [5.41, 5.74) is 3.50. The molecule has 1 aromatic heterocycles. The quantitative estimate of drug-likeness (QED) is 0.617. The van der Waals surface area contributed by atoms with Crippen molar-refractivity contribution in [2.24, 2.45) is 0 Å². The van der Waals surface area contributed by atoms with Crippen molar-refractivity contribution in [1.29, 1.82) is 0 Å². The fourth-order valence-electron chi connectivity index (χ4n) is 2.52. The molecule has 3 aromatic rings. The number of halogens is 2. The lowest BCUT2D eigenvalue weighted by Crippen LogP contribution is -2.04. The first-order valence-electron chi connectivity index (χ1n) is 7.80. The van der Waals surface area contributed by atoms with Gasteiger partial charge in [0.05, 0.1) is 29.7 Å². The van der Waals surface area contributed by atoms with Crippen LogP contribution in [-0.4, -0.2) is 22.3 Å². The highest BCUT2D eigenvalue weighted by atomic mass is 35.5. The number of benzene rings is 2. The average molecular weight is 390 g/mol. The minimum atomic E-state index is 0.324. The second-order valence-corrected chi connectivity index (χ2v) is 6.54. The molecule has 3 rings (SSSR count). The van der Waals surface area contributed by atoms with Gasteiger partial charge >= 0.3 is 0 Å². The van der Waals surface area contributed by atoms with Crippen LogP contribution in [0.3, 0.4) is 0 Å². The number of aryl methyl sites for hydroxylation is 2. The summed E-state index contributed by atoms with van der Waals surface area (Å²) in [4.78, 5) is 4.42. The number of anilines is 4. The molecule has 1 heterocycles. The smallest absolute Gasteiger partial charge is 0.249 e. The van der Waals surface area contributed by atoms with Gasteiger partial charge < -0.3 is 15.4 Å². The summed E-state index contributed by atoms with van der Waals surface area (Å²) in [5.74, 6) is 1.45. The average Bonchev–Trinajstić information content (AvgIpc) is 2.59. The number of nitrogens with one attached hydrogen (secondary N) is 2. The lowest BCUT2D eigenvalue weighted by atomic mass is 10.1. The third kappa shape index (κ3) is 4.15. The van der Waals surface area contributed by atoms with E-state index in [1.165, 1.54) is 6.20 Å². The molecule has 0 bridgehead atoms. The predicted octanol–water partition coefficient (Wildman–Crippen LogP) is 5.29. The van der Waals surface area contributed by atoms with Crippen molar-refractivity contribution < 1.29 is 4.74 Å². The molecule has 6 nitrogen and oxygen atoms in total. The first-order chi connectivity index (χ1) is 12.5. The van der Waals surface area contributed by atoms with Gasteiger partial charge in [-0.1, -0.05) is 29.3 Å². The van der Waals surface area contributed by atoms with E-state index < -0.39 is 0 Å². The number of ether oxygens (including phenoxy) is 1. The number of aromatic nitrogens is 3. The Hall–Kier alpha value is -2.57. The molecular weight excluding hydrogens is 373 g/mol. The lowest BCUT2D eigenvalue weighted by Gasteiger charge is -2.13. The molecule has 26 heavy (non-hydrogen) atoms. The fourth-order valence-corrected chi connectivity index (χ4v) is 3.06. The summed E-state index contributed by atoms with van der Waals surface area (Å²) < 4.78 is 5.32. The van der Waals surface area contributed by atoms with E-state index in [4.69, 9.17) is 27.9 Å². The minimum Gasteiger partial charge on any atom is -0.495 e. The zero-order chi connectivity index (χ0) is 18.7. The molecule has 0 saturated carbocycles. The Morgan fingerprint density at radius 3 is 2.58 bits per heavy atom. The van der Waals surface area contributed by atoms with E-state index >= 15 is 0 Å². The highest BCUT2D eigenvalue weighted by Gasteiger charge is 2.10. The molecule has 0 radical (unpaired) electrons. The fraction of sp³-hybridized carbons (Fsp3) is 0.167. The maximum Gasteiger partial charge on any atom is 0.249 e. The number of rotatable bonds is 5. The van der Waals surface area contributed by atoms with Gasteiger partial charge in [-0.05, 0) is 49.2 Å². The van der Waals surface area contributed by atoms with Crippen LogP contribution in [-0.2, 0) is 0 Å². The van der Waals surface area contributed by atoms with Gasteiger partial charge in [0.2, 0.25) is 5.95 Å².